The smallest absolute Gasteiger partial charge is 0.233 e. The number of rotatable bonds is 7. The Balaban J connectivity index is 1.59. The van der Waals surface area contributed by atoms with E-state index < -0.39 is 0 Å². The van der Waals surface area contributed by atoms with E-state index in [4.69, 9.17) is 4.74 Å². The van der Waals surface area contributed by atoms with Crippen molar-refractivity contribution < 1.29 is 13.9 Å². The number of halogens is 1. The highest BCUT2D eigenvalue weighted by molar-refractivity contribution is 8.00. The van der Waals surface area contributed by atoms with Crippen molar-refractivity contribution in [3.8, 4) is 0 Å². The van der Waals surface area contributed by atoms with Gasteiger partial charge in [-0.1, -0.05) is 6.07 Å². The van der Waals surface area contributed by atoms with Crippen LogP contribution < -0.4 is 0 Å². The number of amides is 1. The summed E-state index contributed by atoms with van der Waals surface area (Å²) in [5, 5.41) is 2.03. The van der Waals surface area contributed by atoms with Gasteiger partial charge in [0.25, 0.3) is 0 Å². The molecule has 0 unspecified atom stereocenters. The standard InChI is InChI=1S/C18H20FNO2S2/c19-14-5-7-16(8-6-14)24-13-18(21)20(11-15-3-1-9-22-15)12-17-4-2-10-23-17/h2,4-8,10,15H,1,3,9,11-13H2/t15-/m1/s1. The second kappa shape index (κ2) is 8.65. The second-order valence-corrected chi connectivity index (χ2v) is 7.81. The lowest BCUT2D eigenvalue weighted by Crippen LogP contribution is -2.37. The van der Waals surface area contributed by atoms with Gasteiger partial charge in [0.15, 0.2) is 0 Å². The summed E-state index contributed by atoms with van der Waals surface area (Å²) in [7, 11) is 0. The molecule has 0 bridgehead atoms. The third-order valence-electron chi connectivity index (χ3n) is 3.90. The SMILES string of the molecule is O=C(CSc1ccc(F)cc1)N(Cc1cccs1)C[C@H]1CCCO1. The van der Waals surface area contributed by atoms with Crippen molar-refractivity contribution in [2.75, 3.05) is 18.9 Å². The fourth-order valence-electron chi connectivity index (χ4n) is 2.65. The number of hydrogen-bond acceptors (Lipinski definition) is 4. The molecule has 1 aromatic heterocycles. The number of ether oxygens (including phenoxy) is 1. The van der Waals surface area contributed by atoms with Gasteiger partial charge >= 0.3 is 0 Å². The van der Waals surface area contributed by atoms with Gasteiger partial charge in [-0.25, -0.2) is 4.39 Å². The van der Waals surface area contributed by atoms with E-state index in [1.54, 1.807) is 23.5 Å². The minimum atomic E-state index is -0.261. The zero-order valence-corrected chi connectivity index (χ0v) is 15.0. The van der Waals surface area contributed by atoms with Crippen LogP contribution in [-0.4, -0.2) is 35.8 Å². The summed E-state index contributed by atoms with van der Waals surface area (Å²) in [6, 6.07) is 10.3. The number of benzene rings is 1. The highest BCUT2D eigenvalue weighted by Gasteiger charge is 2.23. The van der Waals surface area contributed by atoms with E-state index in [0.29, 0.717) is 18.8 Å². The molecule has 1 aliphatic rings. The molecular formula is C18H20FNO2S2. The van der Waals surface area contributed by atoms with Crippen molar-refractivity contribution >= 4 is 29.0 Å². The molecule has 24 heavy (non-hydrogen) atoms. The molecule has 0 N–H and O–H groups in total. The fourth-order valence-corrected chi connectivity index (χ4v) is 4.17. The predicted octanol–water partition coefficient (Wildman–Crippen LogP) is 4.19. The van der Waals surface area contributed by atoms with Crippen LogP contribution in [-0.2, 0) is 16.1 Å². The third-order valence-corrected chi connectivity index (χ3v) is 5.76. The molecule has 0 spiro atoms. The maximum absolute atomic E-state index is 13.0. The van der Waals surface area contributed by atoms with Gasteiger partial charge in [-0.3, -0.25) is 4.79 Å². The first-order valence-electron chi connectivity index (χ1n) is 8.01. The van der Waals surface area contributed by atoms with E-state index >= 15 is 0 Å². The zero-order valence-electron chi connectivity index (χ0n) is 13.3. The Morgan fingerprint density at radius 1 is 1.33 bits per heavy atom. The highest BCUT2D eigenvalue weighted by Crippen LogP contribution is 2.21. The van der Waals surface area contributed by atoms with E-state index in [-0.39, 0.29) is 17.8 Å². The number of thioether (sulfide) groups is 1. The predicted molar refractivity (Wildman–Crippen MR) is 95.8 cm³/mol. The first-order valence-corrected chi connectivity index (χ1v) is 9.87. The Morgan fingerprint density at radius 3 is 2.83 bits per heavy atom. The van der Waals surface area contributed by atoms with Gasteiger partial charge in [0, 0.05) is 22.9 Å². The van der Waals surface area contributed by atoms with Crippen LogP contribution in [0.15, 0.2) is 46.7 Å². The molecule has 1 fully saturated rings. The number of carbonyl (C=O) groups is 1. The van der Waals surface area contributed by atoms with E-state index in [1.807, 2.05) is 22.4 Å². The normalized spacial score (nSPS) is 17.1. The molecule has 1 aromatic carbocycles. The Bertz CT molecular complexity index is 640. The molecule has 2 aromatic rings. The molecule has 3 rings (SSSR count). The lowest BCUT2D eigenvalue weighted by Gasteiger charge is -2.25. The van der Waals surface area contributed by atoms with Crippen molar-refractivity contribution in [2.24, 2.45) is 0 Å². The molecular weight excluding hydrogens is 345 g/mol. The average molecular weight is 365 g/mol. The maximum atomic E-state index is 13.0. The first kappa shape index (κ1) is 17.5. The van der Waals surface area contributed by atoms with Gasteiger partial charge in [0.2, 0.25) is 5.91 Å². The van der Waals surface area contributed by atoms with Crippen molar-refractivity contribution in [3.63, 3.8) is 0 Å². The van der Waals surface area contributed by atoms with E-state index in [1.165, 1.54) is 28.8 Å². The molecule has 3 nitrogen and oxygen atoms in total. The van der Waals surface area contributed by atoms with Crippen LogP contribution >= 0.6 is 23.1 Å². The van der Waals surface area contributed by atoms with Crippen molar-refractivity contribution in [1.82, 2.24) is 4.90 Å². The number of thiophene rings is 1. The number of hydrogen-bond donors (Lipinski definition) is 0. The molecule has 1 aliphatic heterocycles. The summed E-state index contributed by atoms with van der Waals surface area (Å²) in [4.78, 5) is 16.6. The second-order valence-electron chi connectivity index (χ2n) is 5.73. The fraction of sp³-hybridized carbons (Fsp3) is 0.389. The minimum absolute atomic E-state index is 0.0909. The Kier molecular flexibility index (Phi) is 6.29. The Hall–Kier alpha value is -1.37. The topological polar surface area (TPSA) is 29.5 Å². The third kappa shape index (κ3) is 5.06. The zero-order chi connectivity index (χ0) is 16.8. The lowest BCUT2D eigenvalue weighted by atomic mass is 10.2. The summed E-state index contributed by atoms with van der Waals surface area (Å²) in [5.74, 6) is 0.181. The Labute approximate surface area is 149 Å². The van der Waals surface area contributed by atoms with Gasteiger partial charge in [-0.2, -0.15) is 0 Å². The molecule has 1 atom stereocenters. The largest absolute Gasteiger partial charge is 0.376 e. The monoisotopic (exact) mass is 365 g/mol. The summed E-state index contributed by atoms with van der Waals surface area (Å²) < 4.78 is 18.6. The summed E-state index contributed by atoms with van der Waals surface area (Å²) in [5.41, 5.74) is 0. The van der Waals surface area contributed by atoms with Crippen LogP contribution in [0.3, 0.4) is 0 Å². The van der Waals surface area contributed by atoms with Crippen LogP contribution in [0.1, 0.15) is 17.7 Å². The summed E-state index contributed by atoms with van der Waals surface area (Å²) >= 11 is 3.10. The van der Waals surface area contributed by atoms with E-state index in [0.717, 1.165) is 24.3 Å². The minimum Gasteiger partial charge on any atom is -0.376 e. The quantitative estimate of drug-likeness (QED) is 0.689. The first-order chi connectivity index (χ1) is 11.7. The van der Waals surface area contributed by atoms with Crippen molar-refractivity contribution in [3.05, 3.63) is 52.5 Å². The lowest BCUT2D eigenvalue weighted by molar-refractivity contribution is -0.130. The summed E-state index contributed by atoms with van der Waals surface area (Å²) in [6.45, 7) is 2.05. The molecule has 0 aliphatic carbocycles. The number of carbonyl (C=O) groups excluding carboxylic acids is 1. The van der Waals surface area contributed by atoms with Crippen LogP contribution in [0.4, 0.5) is 4.39 Å². The molecule has 128 valence electrons. The van der Waals surface area contributed by atoms with E-state index in [9.17, 15) is 9.18 Å². The van der Waals surface area contributed by atoms with E-state index in [2.05, 4.69) is 0 Å². The molecule has 0 radical (unpaired) electrons. The van der Waals surface area contributed by atoms with Crippen molar-refractivity contribution in [1.29, 1.82) is 0 Å². The number of nitrogens with zero attached hydrogens (tertiary/aromatic N) is 1. The van der Waals surface area contributed by atoms with Crippen LogP contribution in [0.2, 0.25) is 0 Å². The van der Waals surface area contributed by atoms with Crippen LogP contribution in [0.25, 0.3) is 0 Å². The van der Waals surface area contributed by atoms with Crippen molar-refractivity contribution in [2.45, 2.75) is 30.4 Å². The molecule has 1 amide bonds. The highest BCUT2D eigenvalue weighted by atomic mass is 32.2. The van der Waals surface area contributed by atoms with Crippen LogP contribution in [0.5, 0.6) is 0 Å². The molecule has 6 heteroatoms. The average Bonchev–Trinajstić information content (AvgIpc) is 3.27. The van der Waals surface area contributed by atoms with Crippen LogP contribution in [0, 0.1) is 5.82 Å². The summed E-state index contributed by atoms with van der Waals surface area (Å²) in [6.07, 6.45) is 2.22. The Morgan fingerprint density at radius 2 is 2.17 bits per heavy atom. The molecule has 1 saturated heterocycles. The van der Waals surface area contributed by atoms with Gasteiger partial charge in [-0.05, 0) is 48.6 Å². The molecule has 0 saturated carbocycles. The van der Waals surface area contributed by atoms with Gasteiger partial charge in [0.05, 0.1) is 18.4 Å². The van der Waals surface area contributed by atoms with Gasteiger partial charge in [0.1, 0.15) is 5.82 Å². The molecule has 2 heterocycles. The van der Waals surface area contributed by atoms with Gasteiger partial charge < -0.3 is 9.64 Å². The van der Waals surface area contributed by atoms with Gasteiger partial charge in [-0.15, -0.1) is 23.1 Å². The maximum Gasteiger partial charge on any atom is 0.233 e.